The molecule has 1 heterocycles. The Labute approximate surface area is 65.4 Å². The van der Waals surface area contributed by atoms with E-state index in [9.17, 15) is 0 Å². The molecule has 0 aliphatic rings. The molecule has 1 aromatic heterocycles. The van der Waals surface area contributed by atoms with Crippen molar-refractivity contribution >= 4 is 17.7 Å². The molecule has 0 spiro atoms. The van der Waals surface area contributed by atoms with Crippen LogP contribution in [-0.4, -0.2) is 4.98 Å². The molecular formula is C8H8ClN. The maximum Gasteiger partial charge on any atom is 0.0810 e. The molecule has 0 fully saturated rings. The van der Waals surface area contributed by atoms with Crippen molar-refractivity contribution in [1.82, 2.24) is 4.98 Å². The highest BCUT2D eigenvalue weighted by atomic mass is 35.5. The molecule has 1 aromatic rings. The number of hydrogen-bond acceptors (Lipinski definition) is 1. The number of rotatable bonds is 1. The minimum atomic E-state index is 0.662. The van der Waals surface area contributed by atoms with Crippen LogP contribution in [0.4, 0.5) is 0 Å². The van der Waals surface area contributed by atoms with Crippen LogP contribution in [0.25, 0.3) is 6.08 Å². The fourth-order valence-electron chi connectivity index (χ4n) is 0.694. The highest BCUT2D eigenvalue weighted by Crippen LogP contribution is 2.14. The first-order valence-corrected chi connectivity index (χ1v) is 3.36. The minimum absolute atomic E-state index is 0.662. The van der Waals surface area contributed by atoms with Gasteiger partial charge in [-0.1, -0.05) is 18.2 Å². The van der Waals surface area contributed by atoms with E-state index in [1.54, 1.807) is 12.3 Å². The van der Waals surface area contributed by atoms with E-state index in [2.05, 4.69) is 11.6 Å². The lowest BCUT2D eigenvalue weighted by molar-refractivity contribution is 1.25. The molecule has 0 saturated carbocycles. The Morgan fingerprint density at radius 1 is 1.70 bits per heavy atom. The fraction of sp³-hybridized carbons (Fsp3) is 0.125. The van der Waals surface area contributed by atoms with E-state index in [0.29, 0.717) is 5.02 Å². The summed E-state index contributed by atoms with van der Waals surface area (Å²) in [4.78, 5) is 4.05. The van der Waals surface area contributed by atoms with Crippen LogP contribution < -0.4 is 0 Å². The molecule has 10 heavy (non-hydrogen) atoms. The Kier molecular flexibility index (Phi) is 2.07. The first-order valence-electron chi connectivity index (χ1n) is 2.98. The van der Waals surface area contributed by atoms with Gasteiger partial charge in [0.1, 0.15) is 0 Å². The summed E-state index contributed by atoms with van der Waals surface area (Å²) in [6, 6.07) is 1.87. The summed E-state index contributed by atoms with van der Waals surface area (Å²) in [5.41, 5.74) is 1.81. The number of halogens is 1. The van der Waals surface area contributed by atoms with E-state index in [1.807, 2.05) is 13.0 Å². The number of pyridine rings is 1. The Hall–Kier alpha value is -0.820. The van der Waals surface area contributed by atoms with E-state index >= 15 is 0 Å². The maximum absolute atomic E-state index is 5.80. The third kappa shape index (κ3) is 1.36. The third-order valence-corrected chi connectivity index (χ3v) is 1.50. The molecule has 0 atom stereocenters. The average molecular weight is 154 g/mol. The molecule has 2 heteroatoms. The molecule has 1 nitrogen and oxygen atoms in total. The highest BCUT2D eigenvalue weighted by Gasteiger charge is 1.95. The Balaban J connectivity index is 3.19. The van der Waals surface area contributed by atoms with Crippen molar-refractivity contribution in [3.05, 3.63) is 35.1 Å². The molecule has 0 N–H and O–H groups in total. The molecule has 0 bridgehead atoms. The van der Waals surface area contributed by atoms with E-state index in [-0.39, 0.29) is 0 Å². The van der Waals surface area contributed by atoms with Gasteiger partial charge < -0.3 is 0 Å². The quantitative estimate of drug-likeness (QED) is 0.605. The second-order valence-electron chi connectivity index (χ2n) is 2.08. The standard InChI is InChI=1S/C8H8ClN/c1-3-8-7(9)4-6(2)5-10-8/h3-5H,1H2,2H3. The first-order chi connectivity index (χ1) is 4.74. The van der Waals surface area contributed by atoms with Gasteiger partial charge in [0.05, 0.1) is 10.7 Å². The van der Waals surface area contributed by atoms with Crippen LogP contribution in [0.1, 0.15) is 11.3 Å². The zero-order valence-electron chi connectivity index (χ0n) is 5.76. The van der Waals surface area contributed by atoms with Crippen molar-refractivity contribution in [2.75, 3.05) is 0 Å². The summed E-state index contributed by atoms with van der Waals surface area (Å²) in [6.07, 6.45) is 3.41. The number of aryl methyl sites for hydroxylation is 1. The smallest absolute Gasteiger partial charge is 0.0810 e. The molecule has 0 aliphatic heterocycles. The molecule has 1 rings (SSSR count). The summed E-state index contributed by atoms with van der Waals surface area (Å²) >= 11 is 5.80. The summed E-state index contributed by atoms with van der Waals surface area (Å²) in [6.45, 7) is 5.52. The summed E-state index contributed by atoms with van der Waals surface area (Å²) in [5.74, 6) is 0. The zero-order valence-corrected chi connectivity index (χ0v) is 6.52. The predicted molar refractivity (Wildman–Crippen MR) is 44.1 cm³/mol. The Bertz CT molecular complexity index is 255. The van der Waals surface area contributed by atoms with Gasteiger partial charge in [0.25, 0.3) is 0 Å². The molecule has 0 radical (unpaired) electrons. The van der Waals surface area contributed by atoms with Crippen LogP contribution in [0.3, 0.4) is 0 Å². The van der Waals surface area contributed by atoms with E-state index in [4.69, 9.17) is 11.6 Å². The van der Waals surface area contributed by atoms with Crippen molar-refractivity contribution in [2.24, 2.45) is 0 Å². The minimum Gasteiger partial charge on any atom is -0.255 e. The largest absolute Gasteiger partial charge is 0.255 e. The van der Waals surface area contributed by atoms with Crippen molar-refractivity contribution in [3.8, 4) is 0 Å². The van der Waals surface area contributed by atoms with E-state index in [1.165, 1.54) is 0 Å². The summed E-state index contributed by atoms with van der Waals surface area (Å²) in [7, 11) is 0. The number of aromatic nitrogens is 1. The molecule has 0 unspecified atom stereocenters. The SMILES string of the molecule is C=Cc1ncc(C)cc1Cl. The van der Waals surface area contributed by atoms with Crippen molar-refractivity contribution in [1.29, 1.82) is 0 Å². The van der Waals surface area contributed by atoms with Gasteiger partial charge >= 0.3 is 0 Å². The topological polar surface area (TPSA) is 12.9 Å². The lowest BCUT2D eigenvalue weighted by atomic mass is 10.3. The van der Waals surface area contributed by atoms with Crippen LogP contribution >= 0.6 is 11.6 Å². The van der Waals surface area contributed by atoms with Gasteiger partial charge in [-0.3, -0.25) is 4.98 Å². The van der Waals surface area contributed by atoms with Gasteiger partial charge in [-0.05, 0) is 24.6 Å². The molecule has 0 aliphatic carbocycles. The predicted octanol–water partition coefficient (Wildman–Crippen LogP) is 2.69. The van der Waals surface area contributed by atoms with Crippen LogP contribution in [0.5, 0.6) is 0 Å². The molecule has 0 saturated heterocycles. The van der Waals surface area contributed by atoms with Crippen LogP contribution in [0, 0.1) is 6.92 Å². The monoisotopic (exact) mass is 153 g/mol. The van der Waals surface area contributed by atoms with Crippen molar-refractivity contribution in [3.63, 3.8) is 0 Å². The molecule has 0 aromatic carbocycles. The normalized spacial score (nSPS) is 9.40. The van der Waals surface area contributed by atoms with E-state index < -0.39 is 0 Å². The van der Waals surface area contributed by atoms with Crippen LogP contribution in [-0.2, 0) is 0 Å². The van der Waals surface area contributed by atoms with Crippen molar-refractivity contribution in [2.45, 2.75) is 6.92 Å². The second kappa shape index (κ2) is 2.84. The second-order valence-corrected chi connectivity index (χ2v) is 2.49. The Morgan fingerprint density at radius 3 is 2.90 bits per heavy atom. The van der Waals surface area contributed by atoms with E-state index in [0.717, 1.165) is 11.3 Å². The first kappa shape index (κ1) is 7.29. The molecular weight excluding hydrogens is 146 g/mol. The van der Waals surface area contributed by atoms with Gasteiger partial charge in [0, 0.05) is 6.20 Å². The van der Waals surface area contributed by atoms with Crippen molar-refractivity contribution < 1.29 is 0 Å². The summed E-state index contributed by atoms with van der Waals surface area (Å²) < 4.78 is 0. The average Bonchev–Trinajstić information content (AvgIpc) is 1.88. The van der Waals surface area contributed by atoms with Crippen LogP contribution in [0.15, 0.2) is 18.8 Å². The highest BCUT2D eigenvalue weighted by molar-refractivity contribution is 6.31. The zero-order chi connectivity index (χ0) is 7.56. The number of hydrogen-bond donors (Lipinski definition) is 0. The fourth-order valence-corrected chi connectivity index (χ4v) is 0.992. The van der Waals surface area contributed by atoms with Crippen LogP contribution in [0.2, 0.25) is 5.02 Å². The number of nitrogens with zero attached hydrogens (tertiary/aromatic N) is 1. The Morgan fingerprint density at radius 2 is 2.40 bits per heavy atom. The van der Waals surface area contributed by atoms with Gasteiger partial charge in [-0.25, -0.2) is 0 Å². The van der Waals surface area contributed by atoms with Gasteiger partial charge in [-0.2, -0.15) is 0 Å². The summed E-state index contributed by atoms with van der Waals surface area (Å²) in [5, 5.41) is 0.662. The lowest BCUT2D eigenvalue weighted by Crippen LogP contribution is -1.82. The van der Waals surface area contributed by atoms with Gasteiger partial charge in [-0.15, -0.1) is 0 Å². The lowest BCUT2D eigenvalue weighted by Gasteiger charge is -1.96. The third-order valence-electron chi connectivity index (χ3n) is 1.20. The maximum atomic E-state index is 5.80. The van der Waals surface area contributed by atoms with Gasteiger partial charge in [0.15, 0.2) is 0 Å². The van der Waals surface area contributed by atoms with Gasteiger partial charge in [0.2, 0.25) is 0 Å². The molecule has 0 amide bonds. The molecule has 52 valence electrons.